The maximum atomic E-state index is 14.1. The molecule has 2 amide bonds. The molecule has 214 valence electrons. The molecule has 0 aliphatic heterocycles. The lowest BCUT2D eigenvalue weighted by Crippen LogP contribution is -2.52. The maximum absolute atomic E-state index is 14.1. The second kappa shape index (κ2) is 14.1. The molecule has 3 rings (SSSR count). The largest absolute Gasteiger partial charge is 0.354 e. The van der Waals surface area contributed by atoms with Gasteiger partial charge in [-0.25, -0.2) is 8.42 Å². The second-order valence-electron chi connectivity index (χ2n) is 10.2. The van der Waals surface area contributed by atoms with Gasteiger partial charge in [-0.15, -0.1) is 0 Å². The molecule has 0 bridgehead atoms. The lowest BCUT2D eigenvalue weighted by atomic mass is 10.1. The summed E-state index contributed by atoms with van der Waals surface area (Å²) in [4.78, 5) is 29.0. The standard InChI is InChI=1S/C32H41N3O4S/c1-6-8-18-33-32(37)30(7-2)34(22-27-16-14-24(3)15-17-27)31(36)23-35(28-20-25(4)19-26(5)21-28)40(38,39)29-12-10-9-11-13-29/h9-17,19-21,30H,6-8,18,22-23H2,1-5H3,(H,33,37)/t30-/m1/s1. The average molecular weight is 564 g/mol. The molecule has 0 radical (unpaired) electrons. The molecule has 1 atom stereocenters. The number of carbonyl (C=O) groups is 2. The van der Waals surface area contributed by atoms with Gasteiger partial charge in [-0.05, 0) is 74.6 Å². The van der Waals surface area contributed by atoms with Crippen LogP contribution in [0.5, 0.6) is 0 Å². The zero-order valence-corrected chi connectivity index (χ0v) is 25.0. The molecule has 0 heterocycles. The molecular formula is C32H41N3O4S. The van der Waals surface area contributed by atoms with Crippen molar-refractivity contribution in [1.82, 2.24) is 10.2 Å². The molecule has 0 aromatic heterocycles. The van der Waals surface area contributed by atoms with E-state index in [1.165, 1.54) is 17.0 Å². The third-order valence-corrected chi connectivity index (χ3v) is 8.58. The van der Waals surface area contributed by atoms with Crippen LogP contribution in [0.1, 0.15) is 55.4 Å². The smallest absolute Gasteiger partial charge is 0.264 e. The van der Waals surface area contributed by atoms with Crippen LogP contribution in [0.4, 0.5) is 5.69 Å². The van der Waals surface area contributed by atoms with Crippen LogP contribution < -0.4 is 9.62 Å². The Labute approximate surface area is 239 Å². The summed E-state index contributed by atoms with van der Waals surface area (Å²) in [7, 11) is -4.08. The fourth-order valence-corrected chi connectivity index (χ4v) is 6.08. The van der Waals surface area contributed by atoms with Crippen molar-refractivity contribution in [2.24, 2.45) is 0 Å². The first kappa shape index (κ1) is 30.9. The van der Waals surface area contributed by atoms with Gasteiger partial charge in [0.2, 0.25) is 11.8 Å². The minimum atomic E-state index is -4.08. The van der Waals surface area contributed by atoms with E-state index in [9.17, 15) is 18.0 Å². The van der Waals surface area contributed by atoms with E-state index in [2.05, 4.69) is 5.32 Å². The van der Waals surface area contributed by atoms with Gasteiger partial charge in [0.1, 0.15) is 12.6 Å². The molecular weight excluding hydrogens is 522 g/mol. The Morgan fingerprint density at radius 2 is 1.48 bits per heavy atom. The number of nitrogens with zero attached hydrogens (tertiary/aromatic N) is 2. The summed E-state index contributed by atoms with van der Waals surface area (Å²) in [6.45, 7) is 9.95. The van der Waals surface area contributed by atoms with Crippen molar-refractivity contribution < 1.29 is 18.0 Å². The van der Waals surface area contributed by atoms with Crippen molar-refractivity contribution in [3.8, 4) is 0 Å². The molecule has 0 saturated heterocycles. The van der Waals surface area contributed by atoms with Crippen molar-refractivity contribution in [2.45, 2.75) is 71.4 Å². The first-order valence-electron chi connectivity index (χ1n) is 13.9. The van der Waals surface area contributed by atoms with E-state index in [1.54, 1.807) is 30.3 Å². The van der Waals surface area contributed by atoms with E-state index >= 15 is 0 Å². The third kappa shape index (κ3) is 7.94. The zero-order chi connectivity index (χ0) is 29.3. The Hall–Kier alpha value is -3.65. The summed E-state index contributed by atoms with van der Waals surface area (Å²) in [5.74, 6) is -0.683. The highest BCUT2D eigenvalue weighted by atomic mass is 32.2. The van der Waals surface area contributed by atoms with E-state index in [1.807, 2.05) is 65.0 Å². The molecule has 0 saturated carbocycles. The number of carbonyl (C=O) groups excluding carboxylic acids is 2. The van der Waals surface area contributed by atoms with Gasteiger partial charge < -0.3 is 10.2 Å². The lowest BCUT2D eigenvalue weighted by molar-refractivity contribution is -0.140. The van der Waals surface area contributed by atoms with E-state index in [-0.39, 0.29) is 17.3 Å². The number of sulfonamides is 1. The number of hydrogen-bond acceptors (Lipinski definition) is 4. The van der Waals surface area contributed by atoms with Crippen LogP contribution in [-0.4, -0.2) is 44.3 Å². The van der Waals surface area contributed by atoms with Crippen LogP contribution in [0, 0.1) is 20.8 Å². The summed E-state index contributed by atoms with van der Waals surface area (Å²) in [5, 5.41) is 2.96. The fraction of sp³-hybridized carbons (Fsp3) is 0.375. The monoisotopic (exact) mass is 563 g/mol. The Morgan fingerprint density at radius 3 is 2.05 bits per heavy atom. The molecule has 0 unspecified atom stereocenters. The van der Waals surface area contributed by atoms with Gasteiger partial charge in [0.05, 0.1) is 10.6 Å². The van der Waals surface area contributed by atoms with Crippen LogP contribution in [0.15, 0.2) is 77.7 Å². The molecule has 0 aliphatic rings. The number of benzene rings is 3. The van der Waals surface area contributed by atoms with Gasteiger partial charge in [-0.1, -0.05) is 74.4 Å². The first-order valence-corrected chi connectivity index (χ1v) is 15.3. The number of nitrogens with one attached hydrogen (secondary N) is 1. The number of amides is 2. The van der Waals surface area contributed by atoms with E-state index in [4.69, 9.17) is 0 Å². The van der Waals surface area contributed by atoms with Gasteiger partial charge in [-0.3, -0.25) is 13.9 Å². The number of aryl methyl sites for hydroxylation is 3. The Bertz CT molecular complexity index is 1370. The van der Waals surface area contributed by atoms with Crippen LogP contribution in [0.3, 0.4) is 0 Å². The minimum absolute atomic E-state index is 0.0939. The molecule has 1 N–H and O–H groups in total. The van der Waals surface area contributed by atoms with Gasteiger partial charge in [0, 0.05) is 13.1 Å². The van der Waals surface area contributed by atoms with Crippen LogP contribution in [0.25, 0.3) is 0 Å². The van der Waals surface area contributed by atoms with Crippen molar-refractivity contribution in [1.29, 1.82) is 0 Å². The molecule has 0 fully saturated rings. The maximum Gasteiger partial charge on any atom is 0.264 e. The summed E-state index contributed by atoms with van der Waals surface area (Å²) in [6.07, 6.45) is 2.17. The Kier molecular flexibility index (Phi) is 10.9. The molecule has 3 aromatic rings. The molecule has 8 heteroatoms. The van der Waals surface area contributed by atoms with Crippen molar-refractivity contribution in [2.75, 3.05) is 17.4 Å². The number of hydrogen-bond donors (Lipinski definition) is 1. The SMILES string of the molecule is CCCCNC(=O)[C@@H](CC)N(Cc1ccc(C)cc1)C(=O)CN(c1cc(C)cc(C)c1)S(=O)(=O)c1ccccc1. The number of anilines is 1. The van der Waals surface area contributed by atoms with Gasteiger partial charge >= 0.3 is 0 Å². The van der Waals surface area contributed by atoms with E-state index < -0.39 is 28.5 Å². The highest BCUT2D eigenvalue weighted by molar-refractivity contribution is 7.92. The van der Waals surface area contributed by atoms with Gasteiger partial charge in [0.15, 0.2) is 0 Å². The van der Waals surface area contributed by atoms with Crippen molar-refractivity contribution in [3.63, 3.8) is 0 Å². The topological polar surface area (TPSA) is 86.8 Å². The van der Waals surface area contributed by atoms with Crippen molar-refractivity contribution >= 4 is 27.5 Å². The molecule has 0 spiro atoms. The normalized spacial score (nSPS) is 12.0. The van der Waals surface area contributed by atoms with E-state index in [0.717, 1.165) is 39.4 Å². The number of unbranched alkanes of at least 4 members (excludes halogenated alkanes) is 1. The van der Waals surface area contributed by atoms with Crippen LogP contribution in [-0.2, 0) is 26.2 Å². The predicted octanol–water partition coefficient (Wildman–Crippen LogP) is 5.53. The summed E-state index contributed by atoms with van der Waals surface area (Å²) >= 11 is 0. The molecule has 40 heavy (non-hydrogen) atoms. The minimum Gasteiger partial charge on any atom is -0.354 e. The lowest BCUT2D eigenvalue weighted by Gasteiger charge is -2.33. The highest BCUT2D eigenvalue weighted by Crippen LogP contribution is 2.27. The quantitative estimate of drug-likeness (QED) is 0.277. The van der Waals surface area contributed by atoms with Crippen molar-refractivity contribution in [3.05, 3.63) is 95.1 Å². The fourth-order valence-electron chi connectivity index (χ4n) is 4.66. The third-order valence-electron chi connectivity index (χ3n) is 6.79. The Balaban J connectivity index is 2.05. The Morgan fingerprint density at radius 1 is 0.850 bits per heavy atom. The molecule has 0 aliphatic carbocycles. The van der Waals surface area contributed by atoms with E-state index in [0.29, 0.717) is 18.7 Å². The van der Waals surface area contributed by atoms with Crippen LogP contribution in [0.2, 0.25) is 0 Å². The summed E-state index contributed by atoms with van der Waals surface area (Å²) in [5.41, 5.74) is 4.12. The average Bonchev–Trinajstić information content (AvgIpc) is 2.92. The molecule has 7 nitrogen and oxygen atoms in total. The van der Waals surface area contributed by atoms with Gasteiger partial charge in [0.25, 0.3) is 10.0 Å². The highest BCUT2D eigenvalue weighted by Gasteiger charge is 2.33. The summed E-state index contributed by atoms with van der Waals surface area (Å²) in [6, 6.07) is 20.6. The number of rotatable bonds is 13. The van der Waals surface area contributed by atoms with Crippen LogP contribution >= 0.6 is 0 Å². The zero-order valence-electron chi connectivity index (χ0n) is 24.2. The summed E-state index contributed by atoms with van der Waals surface area (Å²) < 4.78 is 29.0. The molecule has 3 aromatic carbocycles. The second-order valence-corrected chi connectivity index (χ2v) is 12.1. The predicted molar refractivity (Wildman–Crippen MR) is 161 cm³/mol. The van der Waals surface area contributed by atoms with Gasteiger partial charge in [-0.2, -0.15) is 0 Å². The first-order chi connectivity index (χ1) is 19.1.